The van der Waals surface area contributed by atoms with Crippen LogP contribution in [0.1, 0.15) is 26.3 Å². The summed E-state index contributed by atoms with van der Waals surface area (Å²) in [5.74, 6) is 1.71. The van der Waals surface area contributed by atoms with Gasteiger partial charge in [-0.05, 0) is 32.4 Å². The maximum Gasteiger partial charge on any atom is 0.191 e. The lowest BCUT2D eigenvalue weighted by atomic mass is 10.2. The largest absolute Gasteiger partial charge is 0.489 e. The third-order valence-corrected chi connectivity index (χ3v) is 5.12. The molecule has 0 spiro atoms. The SMILES string of the molecule is CCNC(=NCC(C)Oc1ccccc1C)NCCS(=O)(=O)CC.I. The van der Waals surface area contributed by atoms with Gasteiger partial charge in [-0.25, -0.2) is 13.4 Å². The zero-order valence-electron chi connectivity index (χ0n) is 15.4. The van der Waals surface area contributed by atoms with Crippen LogP contribution < -0.4 is 15.4 Å². The second-order valence-corrected chi connectivity index (χ2v) is 8.05. The second kappa shape index (κ2) is 12.3. The number of nitrogens with zero attached hydrogens (tertiary/aromatic N) is 1. The molecule has 0 aliphatic heterocycles. The summed E-state index contributed by atoms with van der Waals surface area (Å²) < 4.78 is 28.9. The Morgan fingerprint density at radius 1 is 1.24 bits per heavy atom. The summed E-state index contributed by atoms with van der Waals surface area (Å²) in [5.41, 5.74) is 1.09. The number of rotatable bonds is 9. The summed E-state index contributed by atoms with van der Waals surface area (Å²) in [4.78, 5) is 4.46. The highest BCUT2D eigenvalue weighted by atomic mass is 127. The molecule has 1 aromatic carbocycles. The van der Waals surface area contributed by atoms with E-state index in [2.05, 4.69) is 15.6 Å². The number of guanidine groups is 1. The zero-order chi connectivity index (χ0) is 18.0. The van der Waals surface area contributed by atoms with Crippen molar-refractivity contribution in [3.05, 3.63) is 29.8 Å². The van der Waals surface area contributed by atoms with Gasteiger partial charge in [-0.3, -0.25) is 0 Å². The fourth-order valence-electron chi connectivity index (χ4n) is 1.97. The lowest BCUT2D eigenvalue weighted by molar-refractivity contribution is 0.228. The van der Waals surface area contributed by atoms with Gasteiger partial charge in [-0.2, -0.15) is 0 Å². The van der Waals surface area contributed by atoms with Crippen LogP contribution in [0.15, 0.2) is 29.3 Å². The molecule has 0 radical (unpaired) electrons. The average Bonchev–Trinajstić information content (AvgIpc) is 2.54. The molecule has 0 saturated heterocycles. The van der Waals surface area contributed by atoms with Crippen molar-refractivity contribution >= 4 is 39.8 Å². The minimum absolute atomic E-state index is 0. The number of sulfone groups is 1. The van der Waals surface area contributed by atoms with Gasteiger partial charge in [0, 0.05) is 18.8 Å². The number of para-hydroxylation sites is 1. The van der Waals surface area contributed by atoms with Crippen LogP contribution >= 0.6 is 24.0 Å². The fourth-order valence-corrected chi connectivity index (χ4v) is 2.68. The van der Waals surface area contributed by atoms with E-state index in [0.717, 1.165) is 11.3 Å². The Kier molecular flexibility index (Phi) is 11.8. The van der Waals surface area contributed by atoms with Gasteiger partial charge < -0.3 is 15.4 Å². The van der Waals surface area contributed by atoms with E-state index in [1.165, 1.54) is 0 Å². The van der Waals surface area contributed by atoms with Gasteiger partial charge >= 0.3 is 0 Å². The molecule has 0 fully saturated rings. The van der Waals surface area contributed by atoms with Gasteiger partial charge in [0.25, 0.3) is 0 Å². The molecule has 1 unspecified atom stereocenters. The van der Waals surface area contributed by atoms with Gasteiger partial charge in [0.2, 0.25) is 0 Å². The molecule has 0 aromatic heterocycles. The maximum atomic E-state index is 11.5. The van der Waals surface area contributed by atoms with Crippen LogP contribution in [0.25, 0.3) is 0 Å². The van der Waals surface area contributed by atoms with Crippen molar-refractivity contribution in [2.75, 3.05) is 31.1 Å². The van der Waals surface area contributed by atoms with E-state index in [4.69, 9.17) is 4.74 Å². The van der Waals surface area contributed by atoms with Crippen LogP contribution in [-0.2, 0) is 9.84 Å². The van der Waals surface area contributed by atoms with E-state index in [1.807, 2.05) is 45.0 Å². The first-order valence-corrected chi connectivity index (χ1v) is 10.1. The minimum atomic E-state index is -2.98. The first-order chi connectivity index (χ1) is 11.4. The monoisotopic (exact) mass is 483 g/mol. The van der Waals surface area contributed by atoms with Crippen molar-refractivity contribution in [2.24, 2.45) is 4.99 Å². The zero-order valence-corrected chi connectivity index (χ0v) is 18.6. The molecular formula is C17H30IN3O3S. The van der Waals surface area contributed by atoms with Crippen molar-refractivity contribution in [3.63, 3.8) is 0 Å². The smallest absolute Gasteiger partial charge is 0.191 e. The molecule has 0 heterocycles. The van der Waals surface area contributed by atoms with Crippen LogP contribution in [0.3, 0.4) is 0 Å². The Bertz CT molecular complexity index is 636. The van der Waals surface area contributed by atoms with E-state index in [-0.39, 0.29) is 41.6 Å². The van der Waals surface area contributed by atoms with Crippen LogP contribution in [0, 0.1) is 6.92 Å². The predicted octanol–water partition coefficient (Wildman–Crippen LogP) is 2.37. The fraction of sp³-hybridized carbons (Fsp3) is 0.588. The van der Waals surface area contributed by atoms with Gasteiger partial charge in [-0.1, -0.05) is 25.1 Å². The average molecular weight is 483 g/mol. The second-order valence-electron chi connectivity index (χ2n) is 5.58. The minimum Gasteiger partial charge on any atom is -0.489 e. The molecule has 0 aliphatic carbocycles. The summed E-state index contributed by atoms with van der Waals surface area (Å²) in [6.07, 6.45) is -0.0825. The number of aryl methyl sites for hydroxylation is 1. The molecule has 0 saturated carbocycles. The van der Waals surface area contributed by atoms with Crippen molar-refractivity contribution < 1.29 is 13.2 Å². The standard InChI is InChI=1S/C17H29N3O3S.HI/c1-5-18-17(19-11-12-24(21,22)6-2)20-13-15(4)23-16-10-8-7-9-14(16)3;/h7-10,15H,5-6,11-13H2,1-4H3,(H2,18,19,20);1H. The van der Waals surface area contributed by atoms with Gasteiger partial charge in [0.05, 0.1) is 12.3 Å². The third kappa shape index (κ3) is 9.88. The van der Waals surface area contributed by atoms with Crippen LogP contribution in [0.2, 0.25) is 0 Å². The summed E-state index contributed by atoms with van der Waals surface area (Å²) in [7, 11) is -2.98. The van der Waals surface area contributed by atoms with E-state index in [1.54, 1.807) is 6.92 Å². The summed E-state index contributed by atoms with van der Waals surface area (Å²) >= 11 is 0. The van der Waals surface area contributed by atoms with Gasteiger partial charge in [0.1, 0.15) is 11.9 Å². The normalized spacial score (nSPS) is 12.9. The third-order valence-electron chi connectivity index (χ3n) is 3.42. The maximum absolute atomic E-state index is 11.5. The highest BCUT2D eigenvalue weighted by Gasteiger charge is 2.09. The molecule has 6 nitrogen and oxygen atoms in total. The number of benzene rings is 1. The molecule has 2 N–H and O–H groups in total. The number of hydrogen-bond acceptors (Lipinski definition) is 4. The van der Waals surface area contributed by atoms with Gasteiger partial charge in [-0.15, -0.1) is 24.0 Å². The molecular weight excluding hydrogens is 453 g/mol. The summed E-state index contributed by atoms with van der Waals surface area (Å²) in [6, 6.07) is 7.86. The Balaban J connectivity index is 0.00000576. The molecule has 1 aromatic rings. The number of ether oxygens (including phenoxy) is 1. The molecule has 25 heavy (non-hydrogen) atoms. The Hall–Kier alpha value is -1.03. The molecule has 0 amide bonds. The lowest BCUT2D eigenvalue weighted by Gasteiger charge is -2.16. The van der Waals surface area contributed by atoms with E-state index >= 15 is 0 Å². The number of nitrogens with one attached hydrogen (secondary N) is 2. The van der Waals surface area contributed by atoms with E-state index in [0.29, 0.717) is 25.6 Å². The van der Waals surface area contributed by atoms with Crippen molar-refractivity contribution in [2.45, 2.75) is 33.8 Å². The van der Waals surface area contributed by atoms with Crippen LogP contribution in [0.4, 0.5) is 0 Å². The first-order valence-electron chi connectivity index (χ1n) is 8.32. The Morgan fingerprint density at radius 3 is 2.52 bits per heavy atom. The summed E-state index contributed by atoms with van der Waals surface area (Å²) in [6.45, 7) is 9.11. The van der Waals surface area contributed by atoms with Crippen LogP contribution in [0.5, 0.6) is 5.75 Å². The number of halogens is 1. The highest BCUT2D eigenvalue weighted by molar-refractivity contribution is 14.0. The quantitative estimate of drug-likeness (QED) is 0.320. The highest BCUT2D eigenvalue weighted by Crippen LogP contribution is 2.17. The van der Waals surface area contributed by atoms with Crippen molar-refractivity contribution in [1.29, 1.82) is 0 Å². The molecule has 8 heteroatoms. The van der Waals surface area contributed by atoms with Crippen molar-refractivity contribution in [3.8, 4) is 5.75 Å². The first kappa shape index (κ1) is 24.0. The van der Waals surface area contributed by atoms with Crippen LogP contribution in [-0.4, -0.2) is 51.6 Å². The lowest BCUT2D eigenvalue weighted by Crippen LogP contribution is -2.40. The Morgan fingerprint density at radius 2 is 1.92 bits per heavy atom. The molecule has 144 valence electrons. The predicted molar refractivity (Wildman–Crippen MR) is 115 cm³/mol. The Labute approximate surface area is 168 Å². The molecule has 0 aliphatic rings. The van der Waals surface area contributed by atoms with Gasteiger partial charge in [0.15, 0.2) is 15.8 Å². The molecule has 0 bridgehead atoms. The van der Waals surface area contributed by atoms with E-state index in [9.17, 15) is 8.42 Å². The molecule has 1 rings (SSSR count). The number of hydrogen-bond donors (Lipinski definition) is 2. The topological polar surface area (TPSA) is 79.8 Å². The number of aliphatic imine (C=N–C) groups is 1. The molecule has 1 atom stereocenters. The summed E-state index contributed by atoms with van der Waals surface area (Å²) in [5, 5.41) is 6.15. The van der Waals surface area contributed by atoms with Crippen molar-refractivity contribution in [1.82, 2.24) is 10.6 Å². The van der Waals surface area contributed by atoms with E-state index < -0.39 is 9.84 Å².